The number of para-hydroxylation sites is 2. The van der Waals surface area contributed by atoms with Gasteiger partial charge in [-0.1, -0.05) is 24.3 Å². The molecule has 4 aromatic rings. The van der Waals surface area contributed by atoms with Crippen molar-refractivity contribution in [3.05, 3.63) is 81.9 Å². The number of hydrogen-bond acceptors (Lipinski definition) is 5. The van der Waals surface area contributed by atoms with E-state index in [1.54, 1.807) is 37.3 Å². The first-order valence-electron chi connectivity index (χ1n) is 8.47. The van der Waals surface area contributed by atoms with Crippen molar-refractivity contribution in [2.24, 2.45) is 0 Å². The molecule has 7 heteroatoms. The molecule has 0 fully saturated rings. The topological polar surface area (TPSA) is 109 Å². The highest BCUT2D eigenvalue weighted by Gasteiger charge is 2.14. The zero-order chi connectivity index (χ0) is 19.7. The molecule has 0 amide bonds. The quantitative estimate of drug-likeness (QED) is 0.305. The molecule has 0 unspecified atom stereocenters. The minimum atomic E-state index is -0.419. The van der Waals surface area contributed by atoms with Crippen LogP contribution in [0.2, 0.25) is 0 Å². The number of nitrogens with one attached hydrogen (secondary N) is 1. The molecule has 0 radical (unpaired) electrons. The highest BCUT2D eigenvalue weighted by Crippen LogP contribution is 2.29. The molecule has 2 aromatic heterocycles. The molecule has 28 heavy (non-hydrogen) atoms. The lowest BCUT2D eigenvalue weighted by molar-refractivity contribution is -0.385. The minimum Gasteiger partial charge on any atom is -0.457 e. The van der Waals surface area contributed by atoms with Gasteiger partial charge in [-0.05, 0) is 31.2 Å². The van der Waals surface area contributed by atoms with Gasteiger partial charge in [0.2, 0.25) is 0 Å². The number of nitro groups is 1. The van der Waals surface area contributed by atoms with Crippen LogP contribution in [0.4, 0.5) is 5.69 Å². The SMILES string of the molecule is Cc1ccc(-c2ccc(/C=C(\C#N)c3nc4ccccc4[nH]3)o2)cc1[N+](=O)[O-]. The Morgan fingerprint density at radius 2 is 2.07 bits per heavy atom. The van der Waals surface area contributed by atoms with Gasteiger partial charge in [-0.3, -0.25) is 10.1 Å². The Bertz CT molecular complexity index is 1240. The summed E-state index contributed by atoms with van der Waals surface area (Å²) in [7, 11) is 0. The lowest BCUT2D eigenvalue weighted by Crippen LogP contribution is -1.91. The number of H-pyrrole nitrogens is 1. The average molecular weight is 370 g/mol. The van der Waals surface area contributed by atoms with Crippen LogP contribution in [0.5, 0.6) is 0 Å². The molecule has 136 valence electrons. The molecule has 0 aliphatic carbocycles. The van der Waals surface area contributed by atoms with E-state index in [4.69, 9.17) is 4.42 Å². The molecule has 0 saturated carbocycles. The Labute approximate surface area is 159 Å². The predicted molar refractivity (Wildman–Crippen MR) is 105 cm³/mol. The van der Waals surface area contributed by atoms with Gasteiger partial charge in [0, 0.05) is 23.3 Å². The van der Waals surface area contributed by atoms with Crippen LogP contribution >= 0.6 is 0 Å². The summed E-state index contributed by atoms with van der Waals surface area (Å²) in [4.78, 5) is 18.3. The van der Waals surface area contributed by atoms with E-state index in [0.717, 1.165) is 11.0 Å². The van der Waals surface area contributed by atoms with Crippen LogP contribution in [0.1, 0.15) is 17.1 Å². The van der Waals surface area contributed by atoms with Gasteiger partial charge in [0.05, 0.1) is 21.5 Å². The van der Waals surface area contributed by atoms with Gasteiger partial charge in [0.15, 0.2) is 0 Å². The van der Waals surface area contributed by atoms with Crippen LogP contribution in [0.3, 0.4) is 0 Å². The summed E-state index contributed by atoms with van der Waals surface area (Å²) in [6.07, 6.45) is 1.59. The first-order valence-corrected chi connectivity index (χ1v) is 8.47. The summed E-state index contributed by atoms with van der Waals surface area (Å²) in [5, 5.41) is 20.7. The lowest BCUT2D eigenvalue weighted by atomic mass is 10.1. The van der Waals surface area contributed by atoms with E-state index in [9.17, 15) is 15.4 Å². The van der Waals surface area contributed by atoms with E-state index >= 15 is 0 Å². The standard InChI is InChI=1S/C21H14N4O3/c1-13-6-7-14(11-19(13)25(26)27)20-9-8-16(28-20)10-15(12-22)21-23-17-4-2-3-5-18(17)24-21/h2-11H,1H3,(H,23,24)/b15-10+. The number of furan rings is 1. The smallest absolute Gasteiger partial charge is 0.273 e. The van der Waals surface area contributed by atoms with Crippen molar-refractivity contribution in [1.29, 1.82) is 5.26 Å². The molecule has 0 atom stereocenters. The average Bonchev–Trinajstić information content (AvgIpc) is 3.33. The molecular weight excluding hydrogens is 356 g/mol. The third-order valence-electron chi connectivity index (χ3n) is 4.37. The number of fused-ring (bicyclic) bond motifs is 1. The maximum absolute atomic E-state index is 11.1. The number of aromatic amines is 1. The number of nitrogens with zero attached hydrogens (tertiary/aromatic N) is 3. The second-order valence-electron chi connectivity index (χ2n) is 6.23. The fourth-order valence-corrected chi connectivity index (χ4v) is 2.92. The lowest BCUT2D eigenvalue weighted by Gasteiger charge is -2.00. The number of allylic oxidation sites excluding steroid dienone is 1. The summed E-state index contributed by atoms with van der Waals surface area (Å²) >= 11 is 0. The number of rotatable bonds is 4. The van der Waals surface area contributed by atoms with E-state index in [1.165, 1.54) is 6.07 Å². The molecular formula is C21H14N4O3. The number of aryl methyl sites for hydroxylation is 1. The summed E-state index contributed by atoms with van der Waals surface area (Å²) < 4.78 is 5.78. The van der Waals surface area contributed by atoms with Crippen molar-refractivity contribution in [1.82, 2.24) is 9.97 Å². The fraction of sp³-hybridized carbons (Fsp3) is 0.0476. The van der Waals surface area contributed by atoms with Gasteiger partial charge in [0.25, 0.3) is 5.69 Å². The summed E-state index contributed by atoms with van der Waals surface area (Å²) in [6.45, 7) is 1.69. The molecule has 2 aromatic carbocycles. The summed E-state index contributed by atoms with van der Waals surface area (Å²) in [5.41, 5.74) is 3.14. The summed E-state index contributed by atoms with van der Waals surface area (Å²) in [6, 6.07) is 18.0. The third kappa shape index (κ3) is 3.15. The largest absolute Gasteiger partial charge is 0.457 e. The number of hydrogen-bond donors (Lipinski definition) is 1. The Kier molecular flexibility index (Phi) is 4.22. The molecule has 0 spiro atoms. The van der Waals surface area contributed by atoms with Crippen LogP contribution in [-0.4, -0.2) is 14.9 Å². The minimum absolute atomic E-state index is 0.0333. The van der Waals surface area contributed by atoms with Crippen molar-refractivity contribution in [3.8, 4) is 17.4 Å². The second-order valence-corrected chi connectivity index (χ2v) is 6.23. The third-order valence-corrected chi connectivity index (χ3v) is 4.37. The van der Waals surface area contributed by atoms with Gasteiger partial charge in [-0.15, -0.1) is 0 Å². The molecule has 2 heterocycles. The van der Waals surface area contributed by atoms with Crippen molar-refractivity contribution in [3.63, 3.8) is 0 Å². The predicted octanol–water partition coefficient (Wildman–Crippen LogP) is 5.10. The van der Waals surface area contributed by atoms with Gasteiger partial charge >= 0.3 is 0 Å². The zero-order valence-corrected chi connectivity index (χ0v) is 14.8. The Morgan fingerprint density at radius 1 is 1.25 bits per heavy atom. The fourth-order valence-electron chi connectivity index (χ4n) is 2.92. The molecule has 4 rings (SSSR count). The van der Waals surface area contributed by atoms with Gasteiger partial charge < -0.3 is 9.40 Å². The maximum atomic E-state index is 11.1. The normalized spacial score (nSPS) is 11.5. The number of nitro benzene ring substituents is 1. The maximum Gasteiger partial charge on any atom is 0.273 e. The Balaban J connectivity index is 1.69. The van der Waals surface area contributed by atoms with Gasteiger partial charge in [-0.2, -0.15) is 5.26 Å². The van der Waals surface area contributed by atoms with Gasteiger partial charge in [-0.25, -0.2) is 4.98 Å². The van der Waals surface area contributed by atoms with Crippen LogP contribution in [0.15, 0.2) is 59.0 Å². The Hall–Kier alpha value is -4.18. The van der Waals surface area contributed by atoms with E-state index in [1.807, 2.05) is 24.3 Å². The molecule has 1 N–H and O–H groups in total. The molecule has 0 saturated heterocycles. The van der Waals surface area contributed by atoms with Gasteiger partial charge in [0.1, 0.15) is 23.4 Å². The number of benzene rings is 2. The van der Waals surface area contributed by atoms with E-state index in [0.29, 0.717) is 34.0 Å². The first-order chi connectivity index (χ1) is 13.5. The molecule has 0 bridgehead atoms. The van der Waals surface area contributed by atoms with Crippen LogP contribution in [-0.2, 0) is 0 Å². The van der Waals surface area contributed by atoms with E-state index in [-0.39, 0.29) is 5.69 Å². The van der Waals surface area contributed by atoms with Crippen molar-refractivity contribution in [2.75, 3.05) is 0 Å². The van der Waals surface area contributed by atoms with Crippen molar-refractivity contribution >= 4 is 28.4 Å². The second kappa shape index (κ2) is 6.85. The first kappa shape index (κ1) is 17.2. The summed E-state index contributed by atoms with van der Waals surface area (Å²) in [5.74, 6) is 1.39. The van der Waals surface area contributed by atoms with Crippen LogP contribution in [0, 0.1) is 28.4 Å². The number of imidazole rings is 1. The monoisotopic (exact) mass is 370 g/mol. The number of aromatic nitrogens is 2. The highest BCUT2D eigenvalue weighted by molar-refractivity contribution is 5.89. The molecule has 7 nitrogen and oxygen atoms in total. The zero-order valence-electron chi connectivity index (χ0n) is 14.8. The van der Waals surface area contributed by atoms with Crippen molar-refractivity contribution < 1.29 is 9.34 Å². The van der Waals surface area contributed by atoms with E-state index in [2.05, 4.69) is 16.0 Å². The number of nitriles is 1. The van der Waals surface area contributed by atoms with Crippen molar-refractivity contribution in [2.45, 2.75) is 6.92 Å². The molecule has 0 aliphatic rings. The van der Waals surface area contributed by atoms with Crippen LogP contribution < -0.4 is 0 Å². The highest BCUT2D eigenvalue weighted by atomic mass is 16.6. The Morgan fingerprint density at radius 3 is 2.82 bits per heavy atom. The molecule has 0 aliphatic heterocycles. The van der Waals surface area contributed by atoms with E-state index < -0.39 is 4.92 Å². The van der Waals surface area contributed by atoms with Crippen LogP contribution in [0.25, 0.3) is 34.0 Å².